The van der Waals surface area contributed by atoms with E-state index in [4.69, 9.17) is 5.11 Å². The molecule has 120 valence electrons. The number of carbonyl (C=O) groups excluding carboxylic acids is 2. The van der Waals surface area contributed by atoms with Crippen molar-refractivity contribution in [1.29, 1.82) is 0 Å². The molecule has 2 N–H and O–H groups in total. The van der Waals surface area contributed by atoms with Crippen LogP contribution in [0.1, 0.15) is 26.7 Å². The van der Waals surface area contributed by atoms with Gasteiger partial charge in [-0.05, 0) is 18.3 Å². The van der Waals surface area contributed by atoms with Crippen molar-refractivity contribution in [3.63, 3.8) is 0 Å². The van der Waals surface area contributed by atoms with Crippen LogP contribution in [-0.4, -0.2) is 66.0 Å². The van der Waals surface area contributed by atoms with Crippen LogP contribution in [0.15, 0.2) is 0 Å². The summed E-state index contributed by atoms with van der Waals surface area (Å²) in [5.74, 6) is -0.656. The predicted octanol–water partition coefficient (Wildman–Crippen LogP) is 0.607. The van der Waals surface area contributed by atoms with Gasteiger partial charge in [0.25, 0.3) is 0 Å². The van der Waals surface area contributed by atoms with Crippen LogP contribution >= 0.6 is 0 Å². The SMILES string of the molecule is CC(C)CC(CNC(=O)N1CCN(C)C(=O)C1)CC(=O)O. The van der Waals surface area contributed by atoms with Crippen LogP contribution in [0.2, 0.25) is 0 Å². The van der Waals surface area contributed by atoms with Crippen LogP contribution in [-0.2, 0) is 9.59 Å². The second-order valence-corrected chi connectivity index (χ2v) is 6.02. The third-order valence-corrected chi connectivity index (χ3v) is 3.55. The van der Waals surface area contributed by atoms with Crippen molar-refractivity contribution in [3.8, 4) is 0 Å². The lowest BCUT2D eigenvalue weighted by Gasteiger charge is -2.32. The summed E-state index contributed by atoms with van der Waals surface area (Å²) in [6.07, 6.45) is 0.786. The molecular weight excluding hydrogens is 274 g/mol. The zero-order chi connectivity index (χ0) is 16.0. The van der Waals surface area contributed by atoms with Crippen LogP contribution in [0.5, 0.6) is 0 Å². The summed E-state index contributed by atoms with van der Waals surface area (Å²) < 4.78 is 0. The van der Waals surface area contributed by atoms with E-state index in [0.717, 1.165) is 6.42 Å². The molecule has 0 aromatic heterocycles. The van der Waals surface area contributed by atoms with Gasteiger partial charge in [0.05, 0.1) is 0 Å². The molecule has 21 heavy (non-hydrogen) atoms. The standard InChI is InChI=1S/C14H25N3O4/c1-10(2)6-11(7-13(19)20)8-15-14(21)17-5-4-16(3)12(18)9-17/h10-11H,4-9H2,1-3H3,(H,15,21)(H,19,20). The van der Waals surface area contributed by atoms with E-state index < -0.39 is 5.97 Å². The first kappa shape index (κ1) is 17.3. The Labute approximate surface area is 125 Å². The van der Waals surface area contributed by atoms with E-state index >= 15 is 0 Å². The maximum absolute atomic E-state index is 12.0. The Morgan fingerprint density at radius 2 is 2.00 bits per heavy atom. The number of piperazine rings is 1. The molecule has 0 bridgehead atoms. The fraction of sp³-hybridized carbons (Fsp3) is 0.786. The third-order valence-electron chi connectivity index (χ3n) is 3.55. The first-order valence-electron chi connectivity index (χ1n) is 7.28. The minimum Gasteiger partial charge on any atom is -0.481 e. The van der Waals surface area contributed by atoms with Gasteiger partial charge in [-0.3, -0.25) is 9.59 Å². The number of amides is 3. The number of aliphatic carboxylic acids is 1. The van der Waals surface area contributed by atoms with Gasteiger partial charge in [-0.1, -0.05) is 13.8 Å². The zero-order valence-corrected chi connectivity index (χ0v) is 13.0. The second-order valence-electron chi connectivity index (χ2n) is 6.02. The number of carboxylic acids is 1. The molecule has 1 aliphatic heterocycles. The highest BCUT2D eigenvalue weighted by Crippen LogP contribution is 2.15. The fourth-order valence-corrected chi connectivity index (χ4v) is 2.43. The molecule has 0 aromatic rings. The summed E-state index contributed by atoms with van der Waals surface area (Å²) in [7, 11) is 1.71. The molecule has 0 aliphatic carbocycles. The molecule has 1 unspecified atom stereocenters. The average Bonchev–Trinajstić information content (AvgIpc) is 2.37. The van der Waals surface area contributed by atoms with Gasteiger partial charge < -0.3 is 20.2 Å². The Hall–Kier alpha value is -1.79. The minimum atomic E-state index is -0.857. The molecule has 0 spiro atoms. The number of likely N-dealkylation sites (N-methyl/N-ethyl adjacent to an activating group) is 1. The number of hydrogen-bond acceptors (Lipinski definition) is 3. The molecule has 7 nitrogen and oxygen atoms in total. The summed E-state index contributed by atoms with van der Waals surface area (Å²) in [5.41, 5.74) is 0. The zero-order valence-electron chi connectivity index (χ0n) is 13.0. The van der Waals surface area contributed by atoms with Crippen molar-refractivity contribution in [2.24, 2.45) is 11.8 Å². The molecule has 0 saturated carbocycles. The van der Waals surface area contributed by atoms with Crippen LogP contribution in [0, 0.1) is 11.8 Å². The monoisotopic (exact) mass is 299 g/mol. The Morgan fingerprint density at radius 3 is 2.52 bits per heavy atom. The maximum atomic E-state index is 12.0. The van der Waals surface area contributed by atoms with Gasteiger partial charge in [0.15, 0.2) is 0 Å². The van der Waals surface area contributed by atoms with E-state index in [-0.39, 0.29) is 30.8 Å². The lowest BCUT2D eigenvalue weighted by Crippen LogP contribution is -2.53. The lowest BCUT2D eigenvalue weighted by atomic mass is 9.94. The fourth-order valence-electron chi connectivity index (χ4n) is 2.43. The molecule has 1 fully saturated rings. The van der Waals surface area contributed by atoms with Gasteiger partial charge in [0.2, 0.25) is 5.91 Å². The van der Waals surface area contributed by atoms with Gasteiger partial charge >= 0.3 is 12.0 Å². The number of carbonyl (C=O) groups is 3. The van der Waals surface area contributed by atoms with Gasteiger partial charge in [-0.15, -0.1) is 0 Å². The Bertz CT molecular complexity index is 398. The van der Waals surface area contributed by atoms with Gasteiger partial charge in [0.1, 0.15) is 6.54 Å². The van der Waals surface area contributed by atoms with E-state index in [0.29, 0.717) is 25.6 Å². The van der Waals surface area contributed by atoms with Crippen molar-refractivity contribution >= 4 is 17.9 Å². The first-order valence-corrected chi connectivity index (χ1v) is 7.28. The number of nitrogens with zero attached hydrogens (tertiary/aromatic N) is 2. The Balaban J connectivity index is 2.45. The number of urea groups is 1. The van der Waals surface area contributed by atoms with Crippen LogP contribution in [0.3, 0.4) is 0 Å². The molecule has 3 amide bonds. The lowest BCUT2D eigenvalue weighted by molar-refractivity contribution is -0.138. The highest BCUT2D eigenvalue weighted by atomic mass is 16.4. The van der Waals surface area contributed by atoms with Crippen molar-refractivity contribution in [3.05, 3.63) is 0 Å². The molecule has 1 saturated heterocycles. The molecule has 7 heteroatoms. The number of nitrogens with one attached hydrogen (secondary N) is 1. The molecule has 1 heterocycles. The number of hydrogen-bond donors (Lipinski definition) is 2. The molecule has 1 rings (SSSR count). The van der Waals surface area contributed by atoms with Crippen LogP contribution in [0.4, 0.5) is 4.79 Å². The maximum Gasteiger partial charge on any atom is 0.317 e. The second kappa shape index (κ2) is 7.85. The highest BCUT2D eigenvalue weighted by molar-refractivity contribution is 5.85. The molecule has 0 radical (unpaired) electrons. The first-order chi connectivity index (χ1) is 9.79. The summed E-state index contributed by atoms with van der Waals surface area (Å²) in [6.45, 7) is 5.48. The minimum absolute atomic E-state index is 0.0418. The topological polar surface area (TPSA) is 90.0 Å². The summed E-state index contributed by atoms with van der Waals surface area (Å²) in [4.78, 5) is 37.5. The van der Waals surface area contributed by atoms with E-state index in [1.54, 1.807) is 11.9 Å². The quantitative estimate of drug-likeness (QED) is 0.752. The summed E-state index contributed by atoms with van der Waals surface area (Å²) >= 11 is 0. The Morgan fingerprint density at radius 1 is 1.33 bits per heavy atom. The van der Waals surface area contributed by atoms with Gasteiger partial charge in [0, 0.05) is 33.1 Å². The highest BCUT2D eigenvalue weighted by Gasteiger charge is 2.25. The summed E-state index contributed by atoms with van der Waals surface area (Å²) in [5, 5.41) is 11.7. The predicted molar refractivity (Wildman–Crippen MR) is 77.8 cm³/mol. The number of rotatable bonds is 6. The smallest absolute Gasteiger partial charge is 0.317 e. The molecule has 1 aliphatic rings. The van der Waals surface area contributed by atoms with Crippen LogP contribution < -0.4 is 5.32 Å². The van der Waals surface area contributed by atoms with Crippen molar-refractivity contribution < 1.29 is 19.5 Å². The molecule has 1 atom stereocenters. The molecule has 0 aromatic carbocycles. The van der Waals surface area contributed by atoms with Crippen molar-refractivity contribution in [2.75, 3.05) is 33.2 Å². The normalized spacial score (nSPS) is 17.0. The van der Waals surface area contributed by atoms with Crippen molar-refractivity contribution in [2.45, 2.75) is 26.7 Å². The van der Waals surface area contributed by atoms with E-state index in [1.165, 1.54) is 4.90 Å². The number of carboxylic acid groups (broad SMARTS) is 1. The average molecular weight is 299 g/mol. The largest absolute Gasteiger partial charge is 0.481 e. The van der Waals surface area contributed by atoms with Gasteiger partial charge in [-0.25, -0.2) is 4.79 Å². The summed E-state index contributed by atoms with van der Waals surface area (Å²) in [6, 6.07) is -0.296. The van der Waals surface area contributed by atoms with E-state index in [9.17, 15) is 14.4 Å². The molecular formula is C14H25N3O4. The van der Waals surface area contributed by atoms with Crippen molar-refractivity contribution in [1.82, 2.24) is 15.1 Å². The third kappa shape index (κ3) is 6.01. The van der Waals surface area contributed by atoms with Crippen LogP contribution in [0.25, 0.3) is 0 Å². The van der Waals surface area contributed by atoms with E-state index in [1.807, 2.05) is 13.8 Å². The van der Waals surface area contributed by atoms with Gasteiger partial charge in [-0.2, -0.15) is 0 Å². The Kier molecular flexibility index (Phi) is 6.45. The van der Waals surface area contributed by atoms with E-state index in [2.05, 4.69) is 5.32 Å².